The first kappa shape index (κ1) is 18.7. The summed E-state index contributed by atoms with van der Waals surface area (Å²) in [5.41, 5.74) is 2.76. The second kappa shape index (κ2) is 8.46. The van der Waals surface area contributed by atoms with Crippen LogP contribution in [0.2, 0.25) is 10.0 Å². The van der Waals surface area contributed by atoms with Gasteiger partial charge in [-0.2, -0.15) is 0 Å². The molecule has 0 fully saturated rings. The Kier molecular flexibility index (Phi) is 6.60. The Hall–Kier alpha value is -1.63. The quantitative estimate of drug-likeness (QED) is 0.808. The molecule has 0 radical (unpaired) electrons. The molecule has 1 aromatic heterocycles. The van der Waals surface area contributed by atoms with E-state index in [1.54, 1.807) is 30.6 Å². The van der Waals surface area contributed by atoms with Crippen molar-refractivity contribution in [3.05, 3.63) is 44.3 Å². The normalized spacial score (nSPS) is 10.5. The van der Waals surface area contributed by atoms with Gasteiger partial charge in [0, 0.05) is 11.6 Å². The number of halogens is 2. The number of thiazole rings is 1. The van der Waals surface area contributed by atoms with Crippen LogP contribution < -0.4 is 5.32 Å². The van der Waals surface area contributed by atoms with Crippen molar-refractivity contribution < 1.29 is 9.59 Å². The van der Waals surface area contributed by atoms with Crippen molar-refractivity contribution in [2.24, 2.45) is 0 Å². The van der Waals surface area contributed by atoms with Crippen LogP contribution >= 0.6 is 34.5 Å². The first-order valence-corrected chi connectivity index (χ1v) is 9.00. The summed E-state index contributed by atoms with van der Waals surface area (Å²) in [5.74, 6) is -0.502. The molecule has 0 bridgehead atoms. The number of carbonyl (C=O) groups is 2. The lowest BCUT2D eigenvalue weighted by Gasteiger charge is -2.21. The molecule has 24 heavy (non-hydrogen) atoms. The van der Waals surface area contributed by atoms with E-state index in [1.807, 2.05) is 6.92 Å². The zero-order valence-corrected chi connectivity index (χ0v) is 15.6. The molecule has 2 rings (SSSR count). The van der Waals surface area contributed by atoms with E-state index in [2.05, 4.69) is 10.3 Å². The molecule has 0 atom stereocenters. The largest absolute Gasteiger partial charge is 0.329 e. The van der Waals surface area contributed by atoms with Gasteiger partial charge in [-0.05, 0) is 31.5 Å². The van der Waals surface area contributed by atoms with Gasteiger partial charge >= 0.3 is 0 Å². The number of rotatable bonds is 6. The van der Waals surface area contributed by atoms with Gasteiger partial charge in [0.1, 0.15) is 11.4 Å². The Bertz CT molecular complexity index is 749. The maximum atomic E-state index is 12.6. The smallest absolute Gasteiger partial charge is 0.266 e. The van der Waals surface area contributed by atoms with Crippen molar-refractivity contribution in [1.29, 1.82) is 0 Å². The molecule has 2 aromatic rings. The monoisotopic (exact) mass is 385 g/mol. The van der Waals surface area contributed by atoms with Crippen LogP contribution in [0.25, 0.3) is 0 Å². The molecule has 5 nitrogen and oxygen atoms in total. The highest BCUT2D eigenvalue weighted by Gasteiger charge is 2.21. The van der Waals surface area contributed by atoms with Crippen molar-refractivity contribution in [3.63, 3.8) is 0 Å². The average Bonchev–Trinajstić information content (AvgIpc) is 2.95. The van der Waals surface area contributed by atoms with E-state index in [1.165, 1.54) is 16.2 Å². The third-order valence-corrected chi connectivity index (χ3v) is 4.72. The summed E-state index contributed by atoms with van der Waals surface area (Å²) in [7, 11) is 0. The first-order chi connectivity index (χ1) is 11.4. The fourth-order valence-electron chi connectivity index (χ4n) is 2.13. The zero-order chi connectivity index (χ0) is 17.7. The molecule has 0 aliphatic heterocycles. The fourth-order valence-corrected chi connectivity index (χ4v) is 3.35. The number of hydrogen-bond acceptors (Lipinski definition) is 4. The summed E-state index contributed by atoms with van der Waals surface area (Å²) in [5, 5.41) is 3.54. The Balaban J connectivity index is 2.08. The summed E-state index contributed by atoms with van der Waals surface area (Å²) in [6.07, 6.45) is 0.749. The fraction of sp³-hybridized carbons (Fsp3) is 0.312. The van der Waals surface area contributed by atoms with Crippen LogP contribution in [0.4, 0.5) is 5.69 Å². The lowest BCUT2D eigenvalue weighted by Crippen LogP contribution is -2.38. The molecule has 0 spiro atoms. The summed E-state index contributed by atoms with van der Waals surface area (Å²) < 4.78 is 0. The van der Waals surface area contributed by atoms with Crippen LogP contribution in [0.15, 0.2) is 23.7 Å². The van der Waals surface area contributed by atoms with Gasteiger partial charge in [-0.3, -0.25) is 9.59 Å². The number of carbonyl (C=O) groups excluding carboxylic acids is 2. The second-order valence-electron chi connectivity index (χ2n) is 5.17. The first-order valence-electron chi connectivity index (χ1n) is 7.36. The lowest BCUT2D eigenvalue weighted by atomic mass is 10.3. The number of aromatic nitrogens is 1. The number of amides is 2. The van der Waals surface area contributed by atoms with Gasteiger partial charge in [0.15, 0.2) is 0 Å². The highest BCUT2D eigenvalue weighted by Crippen LogP contribution is 2.25. The summed E-state index contributed by atoms with van der Waals surface area (Å²) >= 11 is 13.2. The number of benzene rings is 1. The highest BCUT2D eigenvalue weighted by atomic mass is 35.5. The van der Waals surface area contributed by atoms with Gasteiger partial charge in [0.2, 0.25) is 5.91 Å². The third-order valence-electron chi connectivity index (χ3n) is 3.26. The molecule has 8 heteroatoms. The van der Waals surface area contributed by atoms with E-state index in [-0.39, 0.29) is 18.4 Å². The van der Waals surface area contributed by atoms with E-state index in [0.29, 0.717) is 32.8 Å². The van der Waals surface area contributed by atoms with E-state index in [0.717, 1.165) is 6.42 Å². The lowest BCUT2D eigenvalue weighted by molar-refractivity contribution is -0.116. The molecule has 1 N–H and O–H groups in total. The Morgan fingerprint density at radius 1 is 1.33 bits per heavy atom. The van der Waals surface area contributed by atoms with Crippen LogP contribution in [0.3, 0.4) is 0 Å². The van der Waals surface area contributed by atoms with Gasteiger partial charge in [-0.1, -0.05) is 30.1 Å². The van der Waals surface area contributed by atoms with Crippen LogP contribution in [-0.2, 0) is 4.79 Å². The molecule has 128 valence electrons. The summed E-state index contributed by atoms with van der Waals surface area (Å²) in [4.78, 5) is 31.0. The molecular formula is C16H17Cl2N3O2S. The van der Waals surface area contributed by atoms with Crippen molar-refractivity contribution in [1.82, 2.24) is 9.88 Å². The SMILES string of the molecule is CCCN(CC(=O)Nc1ccc(Cl)cc1Cl)C(=O)c1scnc1C. The number of anilines is 1. The van der Waals surface area contributed by atoms with Gasteiger partial charge in [0.05, 0.1) is 21.9 Å². The Labute approximate surface area is 154 Å². The van der Waals surface area contributed by atoms with Crippen molar-refractivity contribution in [3.8, 4) is 0 Å². The molecule has 0 aliphatic carbocycles. The van der Waals surface area contributed by atoms with Crippen LogP contribution in [0.5, 0.6) is 0 Å². The maximum absolute atomic E-state index is 12.6. The molecular weight excluding hydrogens is 369 g/mol. The van der Waals surface area contributed by atoms with Gasteiger partial charge in [-0.25, -0.2) is 4.98 Å². The van der Waals surface area contributed by atoms with Crippen LogP contribution in [0, 0.1) is 6.92 Å². The molecule has 1 aromatic carbocycles. The standard InChI is InChI=1S/C16H17Cl2N3O2S/c1-3-6-21(16(23)15-10(2)19-9-24-15)8-14(22)20-13-5-4-11(17)7-12(13)18/h4-5,7,9H,3,6,8H2,1-2H3,(H,20,22). The third kappa shape index (κ3) is 4.69. The van der Waals surface area contributed by atoms with Gasteiger partial charge in [-0.15, -0.1) is 11.3 Å². The minimum absolute atomic E-state index is 0.0526. The number of hydrogen-bond donors (Lipinski definition) is 1. The molecule has 2 amide bonds. The van der Waals surface area contributed by atoms with Gasteiger partial charge < -0.3 is 10.2 Å². The Morgan fingerprint density at radius 2 is 2.08 bits per heavy atom. The molecule has 0 aliphatic rings. The molecule has 0 saturated carbocycles. The van der Waals surface area contributed by atoms with Crippen LogP contribution in [-0.4, -0.2) is 34.8 Å². The second-order valence-corrected chi connectivity index (χ2v) is 6.86. The topological polar surface area (TPSA) is 62.3 Å². The highest BCUT2D eigenvalue weighted by molar-refractivity contribution is 7.11. The number of nitrogens with one attached hydrogen (secondary N) is 1. The maximum Gasteiger partial charge on any atom is 0.266 e. The summed E-state index contributed by atoms with van der Waals surface area (Å²) in [6, 6.07) is 4.81. The van der Waals surface area contributed by atoms with Crippen molar-refractivity contribution >= 4 is 52.0 Å². The molecule has 0 unspecified atom stereocenters. The number of aryl methyl sites for hydroxylation is 1. The van der Waals surface area contributed by atoms with Crippen molar-refractivity contribution in [2.75, 3.05) is 18.4 Å². The summed E-state index contributed by atoms with van der Waals surface area (Å²) in [6.45, 7) is 4.16. The van der Waals surface area contributed by atoms with E-state index in [9.17, 15) is 9.59 Å². The Morgan fingerprint density at radius 3 is 2.67 bits per heavy atom. The predicted molar refractivity (Wildman–Crippen MR) is 98.1 cm³/mol. The van der Waals surface area contributed by atoms with Crippen molar-refractivity contribution in [2.45, 2.75) is 20.3 Å². The molecule has 0 saturated heterocycles. The number of nitrogens with zero attached hydrogens (tertiary/aromatic N) is 2. The van der Waals surface area contributed by atoms with E-state index >= 15 is 0 Å². The minimum atomic E-state index is -0.316. The van der Waals surface area contributed by atoms with E-state index in [4.69, 9.17) is 23.2 Å². The molecule has 1 heterocycles. The van der Waals surface area contributed by atoms with Crippen LogP contribution in [0.1, 0.15) is 28.7 Å². The van der Waals surface area contributed by atoms with E-state index < -0.39 is 0 Å². The zero-order valence-electron chi connectivity index (χ0n) is 13.3. The predicted octanol–water partition coefficient (Wildman–Crippen LogP) is 4.25. The average molecular weight is 386 g/mol. The minimum Gasteiger partial charge on any atom is -0.329 e. The van der Waals surface area contributed by atoms with Gasteiger partial charge in [0.25, 0.3) is 5.91 Å².